The fourth-order valence-corrected chi connectivity index (χ4v) is 4.53. The van der Waals surface area contributed by atoms with Gasteiger partial charge in [-0.2, -0.15) is 0 Å². The van der Waals surface area contributed by atoms with Crippen molar-refractivity contribution >= 4 is 34.7 Å². The van der Waals surface area contributed by atoms with Crippen molar-refractivity contribution in [1.29, 1.82) is 0 Å². The molecule has 5 nitrogen and oxygen atoms in total. The van der Waals surface area contributed by atoms with Crippen LogP contribution in [0.15, 0.2) is 66.2 Å². The van der Waals surface area contributed by atoms with Crippen molar-refractivity contribution in [3.05, 3.63) is 99.3 Å². The number of benzene rings is 3. The number of carbonyl (C=O) groups excluding carboxylic acids is 2. The van der Waals surface area contributed by atoms with E-state index in [9.17, 15) is 19.1 Å². The van der Waals surface area contributed by atoms with Crippen LogP contribution < -0.4 is 9.64 Å². The lowest BCUT2D eigenvalue weighted by Crippen LogP contribution is -2.29. The van der Waals surface area contributed by atoms with Gasteiger partial charge in [-0.1, -0.05) is 56.6 Å². The van der Waals surface area contributed by atoms with Gasteiger partial charge in [0.1, 0.15) is 17.3 Å². The molecule has 3 aromatic rings. The molecule has 1 heterocycles. The van der Waals surface area contributed by atoms with E-state index in [-0.39, 0.29) is 22.0 Å². The Morgan fingerprint density at radius 2 is 1.78 bits per heavy atom. The molecule has 0 spiro atoms. The zero-order chi connectivity index (χ0) is 26.9. The van der Waals surface area contributed by atoms with Gasteiger partial charge >= 0.3 is 0 Å². The Balaban J connectivity index is 1.86. The van der Waals surface area contributed by atoms with E-state index in [0.717, 1.165) is 23.6 Å². The summed E-state index contributed by atoms with van der Waals surface area (Å²) in [7, 11) is 0. The van der Waals surface area contributed by atoms with Crippen LogP contribution in [0.1, 0.15) is 49.1 Å². The highest BCUT2D eigenvalue weighted by Gasteiger charge is 2.47. The molecular formula is C30H29ClFNO4. The first-order chi connectivity index (χ1) is 17.6. The maximum Gasteiger partial charge on any atom is 0.300 e. The largest absolute Gasteiger partial charge is 0.507 e. The third-order valence-electron chi connectivity index (χ3n) is 6.35. The molecule has 1 aliphatic rings. The van der Waals surface area contributed by atoms with Crippen molar-refractivity contribution in [2.75, 3.05) is 11.5 Å². The summed E-state index contributed by atoms with van der Waals surface area (Å²) in [6.45, 7) is 8.53. The Labute approximate surface area is 221 Å². The molecule has 1 amide bonds. The van der Waals surface area contributed by atoms with Gasteiger partial charge in [-0.05, 0) is 72.4 Å². The molecule has 1 fully saturated rings. The maximum atomic E-state index is 13.9. The summed E-state index contributed by atoms with van der Waals surface area (Å²) in [4.78, 5) is 27.9. The van der Waals surface area contributed by atoms with Crippen LogP contribution in [0.3, 0.4) is 0 Å². The molecule has 1 atom stereocenters. The number of nitrogens with zero attached hydrogens (tertiary/aromatic N) is 1. The van der Waals surface area contributed by atoms with Crippen LogP contribution in [0.25, 0.3) is 5.76 Å². The lowest BCUT2D eigenvalue weighted by molar-refractivity contribution is -0.132. The number of halogens is 2. The standard InChI is InChI=1S/C30H29ClFNO4/c1-5-19-6-8-20(9-7-19)27-26(28(34)21-10-13-25(18(4)14-21)37-16-17(2)3)29(35)30(36)33(27)22-11-12-24(32)23(31)15-22/h6-15,17,27,34H,5,16H2,1-4H3/b28-26+. The van der Waals surface area contributed by atoms with Crippen LogP contribution in [0.5, 0.6) is 5.75 Å². The first-order valence-electron chi connectivity index (χ1n) is 12.2. The van der Waals surface area contributed by atoms with Gasteiger partial charge in [0.2, 0.25) is 0 Å². The highest BCUT2D eigenvalue weighted by atomic mass is 35.5. The Bertz CT molecular complexity index is 1380. The molecule has 7 heteroatoms. The number of ether oxygens (including phenoxy) is 1. The van der Waals surface area contributed by atoms with Crippen molar-refractivity contribution in [3.63, 3.8) is 0 Å². The van der Waals surface area contributed by atoms with Crippen LogP contribution in [0, 0.1) is 18.7 Å². The summed E-state index contributed by atoms with van der Waals surface area (Å²) in [5, 5.41) is 11.2. The van der Waals surface area contributed by atoms with Gasteiger partial charge in [0.15, 0.2) is 0 Å². The summed E-state index contributed by atoms with van der Waals surface area (Å²) in [6, 6.07) is 15.5. The fourth-order valence-electron chi connectivity index (χ4n) is 4.36. The number of aryl methyl sites for hydroxylation is 2. The van der Waals surface area contributed by atoms with Crippen LogP contribution in [0.2, 0.25) is 5.02 Å². The Kier molecular flexibility index (Phi) is 7.69. The molecule has 192 valence electrons. The predicted octanol–water partition coefficient (Wildman–Crippen LogP) is 7.01. The lowest BCUT2D eigenvalue weighted by atomic mass is 9.94. The molecule has 0 radical (unpaired) electrons. The predicted molar refractivity (Wildman–Crippen MR) is 144 cm³/mol. The number of aliphatic hydroxyl groups excluding tert-OH is 1. The number of anilines is 1. The molecule has 0 bridgehead atoms. The van der Waals surface area contributed by atoms with Crippen molar-refractivity contribution in [3.8, 4) is 5.75 Å². The highest BCUT2D eigenvalue weighted by molar-refractivity contribution is 6.51. The summed E-state index contributed by atoms with van der Waals surface area (Å²) >= 11 is 6.01. The highest BCUT2D eigenvalue weighted by Crippen LogP contribution is 2.43. The molecule has 4 rings (SSSR count). The van der Waals surface area contributed by atoms with E-state index in [1.165, 1.54) is 17.0 Å². The lowest BCUT2D eigenvalue weighted by Gasteiger charge is -2.26. The molecule has 1 N–H and O–H groups in total. The van der Waals surface area contributed by atoms with Crippen LogP contribution in [-0.4, -0.2) is 23.4 Å². The van der Waals surface area contributed by atoms with E-state index in [4.69, 9.17) is 16.3 Å². The summed E-state index contributed by atoms with van der Waals surface area (Å²) in [5.41, 5.74) is 3.09. The normalized spacial score (nSPS) is 17.1. The molecule has 0 aromatic heterocycles. The van der Waals surface area contributed by atoms with E-state index in [2.05, 4.69) is 13.8 Å². The smallest absolute Gasteiger partial charge is 0.300 e. The first kappa shape index (κ1) is 26.4. The van der Waals surface area contributed by atoms with Gasteiger partial charge in [0.25, 0.3) is 11.7 Å². The Morgan fingerprint density at radius 1 is 1.08 bits per heavy atom. The van der Waals surface area contributed by atoms with Crippen LogP contribution in [0.4, 0.5) is 10.1 Å². The molecule has 1 saturated heterocycles. The van der Waals surface area contributed by atoms with E-state index in [0.29, 0.717) is 29.4 Å². The second kappa shape index (κ2) is 10.8. The minimum absolute atomic E-state index is 0.0510. The van der Waals surface area contributed by atoms with E-state index in [1.54, 1.807) is 18.2 Å². The van der Waals surface area contributed by atoms with Gasteiger partial charge in [0, 0.05) is 11.3 Å². The van der Waals surface area contributed by atoms with E-state index in [1.807, 2.05) is 38.1 Å². The molecule has 37 heavy (non-hydrogen) atoms. The average Bonchev–Trinajstić information content (AvgIpc) is 3.14. The van der Waals surface area contributed by atoms with Crippen molar-refractivity contribution in [2.45, 2.75) is 40.2 Å². The number of hydrogen-bond acceptors (Lipinski definition) is 4. The minimum Gasteiger partial charge on any atom is -0.507 e. The van der Waals surface area contributed by atoms with Crippen molar-refractivity contribution in [2.24, 2.45) is 5.92 Å². The van der Waals surface area contributed by atoms with E-state index < -0.39 is 23.5 Å². The van der Waals surface area contributed by atoms with Gasteiger partial charge < -0.3 is 9.84 Å². The molecule has 0 saturated carbocycles. The number of Topliss-reactive ketones (excluding diaryl/α,β-unsaturated/α-hetero) is 1. The van der Waals surface area contributed by atoms with Gasteiger partial charge in [-0.15, -0.1) is 0 Å². The first-order valence-corrected chi connectivity index (χ1v) is 12.6. The second-order valence-electron chi connectivity index (χ2n) is 9.55. The average molecular weight is 522 g/mol. The van der Waals surface area contributed by atoms with Crippen molar-refractivity contribution in [1.82, 2.24) is 0 Å². The number of ketones is 1. The SMILES string of the molecule is CCc1ccc(C2/C(=C(\O)c3ccc(OCC(C)C)c(C)c3)C(=O)C(=O)N2c2ccc(F)c(Cl)c2)cc1. The monoisotopic (exact) mass is 521 g/mol. The van der Waals surface area contributed by atoms with Gasteiger partial charge in [-0.3, -0.25) is 14.5 Å². The second-order valence-corrected chi connectivity index (χ2v) is 9.95. The molecule has 3 aromatic carbocycles. The molecule has 1 unspecified atom stereocenters. The van der Waals surface area contributed by atoms with Gasteiger partial charge in [0.05, 0.1) is 23.2 Å². The summed E-state index contributed by atoms with van der Waals surface area (Å²) in [6.07, 6.45) is 0.818. The molecule has 1 aliphatic heterocycles. The Morgan fingerprint density at radius 3 is 2.38 bits per heavy atom. The Hall–Kier alpha value is -3.64. The minimum atomic E-state index is -0.926. The van der Waals surface area contributed by atoms with Crippen LogP contribution in [-0.2, 0) is 16.0 Å². The summed E-state index contributed by atoms with van der Waals surface area (Å²) < 4.78 is 19.7. The molecular weight excluding hydrogens is 493 g/mol. The van der Waals surface area contributed by atoms with E-state index >= 15 is 0 Å². The van der Waals surface area contributed by atoms with Crippen LogP contribution >= 0.6 is 11.6 Å². The number of aliphatic hydroxyl groups is 1. The number of carbonyl (C=O) groups is 2. The number of amides is 1. The molecule has 0 aliphatic carbocycles. The fraction of sp³-hybridized carbons (Fsp3) is 0.267. The maximum absolute atomic E-state index is 13.9. The topological polar surface area (TPSA) is 66.8 Å². The summed E-state index contributed by atoms with van der Waals surface area (Å²) in [5.74, 6) is -1.57. The zero-order valence-electron chi connectivity index (χ0n) is 21.2. The third kappa shape index (κ3) is 5.25. The number of hydrogen-bond donors (Lipinski definition) is 1. The van der Waals surface area contributed by atoms with Gasteiger partial charge in [-0.25, -0.2) is 4.39 Å². The number of rotatable bonds is 7. The third-order valence-corrected chi connectivity index (χ3v) is 6.64. The van der Waals surface area contributed by atoms with Crippen molar-refractivity contribution < 1.29 is 23.8 Å². The quantitative estimate of drug-likeness (QED) is 0.206. The zero-order valence-corrected chi connectivity index (χ0v) is 22.0.